The van der Waals surface area contributed by atoms with E-state index in [2.05, 4.69) is 17.1 Å². The molecular weight excluding hydrogens is 336 g/mol. The van der Waals surface area contributed by atoms with Crippen molar-refractivity contribution < 1.29 is 4.74 Å². The normalized spacial score (nSPS) is 16.8. The van der Waals surface area contributed by atoms with Gasteiger partial charge in [-0.15, -0.1) is 0 Å². The van der Waals surface area contributed by atoms with Gasteiger partial charge in [0.15, 0.2) is 5.76 Å². The molecule has 3 aromatic rings. The van der Waals surface area contributed by atoms with E-state index in [0.29, 0.717) is 11.3 Å². The van der Waals surface area contributed by atoms with Crippen LogP contribution in [0.5, 0.6) is 0 Å². The van der Waals surface area contributed by atoms with Gasteiger partial charge in [-0.3, -0.25) is 0 Å². The number of ether oxygens (including phenoxy) is 1. The van der Waals surface area contributed by atoms with Crippen molar-refractivity contribution in [2.75, 3.05) is 0 Å². The summed E-state index contributed by atoms with van der Waals surface area (Å²) < 4.78 is 5.79. The first-order valence-corrected chi connectivity index (χ1v) is 8.49. The van der Waals surface area contributed by atoms with E-state index in [1.165, 1.54) is 0 Å². The van der Waals surface area contributed by atoms with Crippen LogP contribution < -0.4 is 5.73 Å². The number of aryl methyl sites for hydroxylation is 1. The summed E-state index contributed by atoms with van der Waals surface area (Å²) in [5.74, 6) is -0.141. The fourth-order valence-electron chi connectivity index (χ4n) is 3.42. The van der Waals surface area contributed by atoms with Crippen molar-refractivity contribution in [3.63, 3.8) is 0 Å². The standard InChI is InChI=1S/C22H16N4O/c1-13-6-8-14(9-7-13)20-16(10-23)21(27-22(25)17(20)11-24)18-12-26-19-5-3-2-4-15(18)19/h2-9,12,20,26H,25H2,1H3. The van der Waals surface area contributed by atoms with Crippen LogP contribution in [0.25, 0.3) is 16.7 Å². The lowest BCUT2D eigenvalue weighted by Gasteiger charge is -2.26. The van der Waals surface area contributed by atoms with Gasteiger partial charge < -0.3 is 15.5 Å². The molecule has 1 unspecified atom stereocenters. The molecule has 0 saturated heterocycles. The Balaban J connectivity index is 1.97. The third-order valence-corrected chi connectivity index (χ3v) is 4.78. The quantitative estimate of drug-likeness (QED) is 0.721. The van der Waals surface area contributed by atoms with Crippen LogP contribution in [-0.4, -0.2) is 4.98 Å². The molecule has 1 atom stereocenters. The first-order valence-electron chi connectivity index (χ1n) is 8.49. The second-order valence-corrected chi connectivity index (χ2v) is 6.44. The molecule has 2 aromatic carbocycles. The molecule has 130 valence electrons. The van der Waals surface area contributed by atoms with E-state index in [1.54, 1.807) is 6.20 Å². The zero-order valence-electron chi connectivity index (χ0n) is 14.7. The summed E-state index contributed by atoms with van der Waals surface area (Å²) in [5.41, 5.74) is 10.3. The summed E-state index contributed by atoms with van der Waals surface area (Å²) in [6.45, 7) is 1.99. The summed E-state index contributed by atoms with van der Waals surface area (Å²) in [6, 6.07) is 19.9. The van der Waals surface area contributed by atoms with Gasteiger partial charge in [-0.2, -0.15) is 10.5 Å². The second-order valence-electron chi connectivity index (χ2n) is 6.44. The number of fused-ring (bicyclic) bond motifs is 1. The summed E-state index contributed by atoms with van der Waals surface area (Å²) in [4.78, 5) is 3.19. The summed E-state index contributed by atoms with van der Waals surface area (Å²) >= 11 is 0. The number of rotatable bonds is 2. The average Bonchev–Trinajstić information content (AvgIpc) is 3.12. The van der Waals surface area contributed by atoms with Crippen molar-refractivity contribution in [2.24, 2.45) is 5.73 Å². The van der Waals surface area contributed by atoms with Crippen LogP contribution in [-0.2, 0) is 4.74 Å². The van der Waals surface area contributed by atoms with Crippen molar-refractivity contribution in [1.29, 1.82) is 10.5 Å². The molecule has 0 aliphatic carbocycles. The molecule has 1 aromatic heterocycles. The zero-order chi connectivity index (χ0) is 19.0. The van der Waals surface area contributed by atoms with Gasteiger partial charge in [0.2, 0.25) is 5.88 Å². The third-order valence-electron chi connectivity index (χ3n) is 4.78. The van der Waals surface area contributed by atoms with E-state index < -0.39 is 5.92 Å². The molecule has 5 nitrogen and oxygen atoms in total. The maximum atomic E-state index is 9.95. The van der Waals surface area contributed by atoms with Crippen LogP contribution in [0.2, 0.25) is 0 Å². The Hall–Kier alpha value is -3.96. The minimum atomic E-state index is -0.557. The highest BCUT2D eigenvalue weighted by molar-refractivity contribution is 5.93. The van der Waals surface area contributed by atoms with E-state index in [0.717, 1.165) is 27.6 Å². The molecule has 4 rings (SSSR count). The fraction of sp³-hybridized carbons (Fsp3) is 0.0909. The van der Waals surface area contributed by atoms with Gasteiger partial charge in [-0.05, 0) is 18.6 Å². The maximum absolute atomic E-state index is 9.95. The highest BCUT2D eigenvalue weighted by Crippen LogP contribution is 2.43. The Labute approximate surface area is 156 Å². The maximum Gasteiger partial charge on any atom is 0.205 e. The van der Waals surface area contributed by atoms with Gasteiger partial charge >= 0.3 is 0 Å². The van der Waals surface area contributed by atoms with Crippen molar-refractivity contribution in [3.8, 4) is 12.1 Å². The van der Waals surface area contributed by atoms with Crippen LogP contribution in [0.3, 0.4) is 0 Å². The van der Waals surface area contributed by atoms with E-state index in [4.69, 9.17) is 10.5 Å². The van der Waals surface area contributed by atoms with Crippen LogP contribution in [0.15, 0.2) is 71.8 Å². The van der Waals surface area contributed by atoms with Crippen molar-refractivity contribution in [1.82, 2.24) is 4.98 Å². The van der Waals surface area contributed by atoms with Gasteiger partial charge in [0.1, 0.15) is 11.6 Å². The number of benzene rings is 2. The van der Waals surface area contributed by atoms with E-state index >= 15 is 0 Å². The minimum absolute atomic E-state index is 0.0300. The number of nitrogens with two attached hydrogens (primary N) is 1. The monoisotopic (exact) mass is 352 g/mol. The molecule has 2 heterocycles. The molecule has 5 heteroatoms. The molecule has 0 spiro atoms. The SMILES string of the molecule is Cc1ccc(C2C(C#N)=C(N)OC(c3c[nH]c4ccccc34)=C2C#N)cc1. The smallest absolute Gasteiger partial charge is 0.205 e. The molecule has 0 bridgehead atoms. The second kappa shape index (κ2) is 6.40. The van der Waals surface area contributed by atoms with Gasteiger partial charge in [0, 0.05) is 22.7 Å². The number of hydrogen-bond acceptors (Lipinski definition) is 4. The van der Waals surface area contributed by atoms with E-state index in [1.807, 2.05) is 55.5 Å². The molecular formula is C22H16N4O. The predicted octanol–water partition coefficient (Wildman–Crippen LogP) is 4.22. The van der Waals surface area contributed by atoms with Gasteiger partial charge in [-0.25, -0.2) is 0 Å². The molecule has 0 saturated carbocycles. The molecule has 0 radical (unpaired) electrons. The Morgan fingerprint density at radius 1 is 1.00 bits per heavy atom. The lowest BCUT2D eigenvalue weighted by Crippen LogP contribution is -2.20. The van der Waals surface area contributed by atoms with Crippen LogP contribution in [0.1, 0.15) is 22.6 Å². The Morgan fingerprint density at radius 3 is 2.41 bits per heavy atom. The van der Waals surface area contributed by atoms with Crippen LogP contribution in [0, 0.1) is 29.6 Å². The molecule has 27 heavy (non-hydrogen) atoms. The number of nitrogens with zero attached hydrogens (tertiary/aromatic N) is 2. The Bertz CT molecular complexity index is 1180. The summed E-state index contributed by atoms with van der Waals surface area (Å²) in [5, 5.41) is 20.5. The first kappa shape index (κ1) is 16.5. The van der Waals surface area contributed by atoms with Gasteiger partial charge in [-0.1, -0.05) is 48.0 Å². The fourth-order valence-corrected chi connectivity index (χ4v) is 3.42. The average molecular weight is 352 g/mol. The highest BCUT2D eigenvalue weighted by Gasteiger charge is 2.34. The molecule has 1 aliphatic heterocycles. The van der Waals surface area contributed by atoms with E-state index in [9.17, 15) is 10.5 Å². The number of nitrogens with one attached hydrogen (secondary N) is 1. The molecule has 0 amide bonds. The number of H-pyrrole nitrogens is 1. The first-order chi connectivity index (χ1) is 13.1. The number of aromatic amines is 1. The van der Waals surface area contributed by atoms with Crippen LogP contribution >= 0.6 is 0 Å². The number of para-hydroxylation sites is 1. The Kier molecular flexibility index (Phi) is 3.91. The lowest BCUT2D eigenvalue weighted by atomic mass is 9.82. The largest absolute Gasteiger partial charge is 0.439 e. The topological polar surface area (TPSA) is 98.6 Å². The Morgan fingerprint density at radius 2 is 1.70 bits per heavy atom. The number of nitriles is 2. The number of allylic oxidation sites excluding steroid dienone is 2. The van der Waals surface area contributed by atoms with Crippen molar-refractivity contribution in [2.45, 2.75) is 12.8 Å². The van der Waals surface area contributed by atoms with Gasteiger partial charge in [0.05, 0.1) is 17.6 Å². The molecule has 1 aliphatic rings. The molecule has 3 N–H and O–H groups in total. The number of aromatic nitrogens is 1. The summed E-state index contributed by atoms with van der Waals surface area (Å²) in [7, 11) is 0. The minimum Gasteiger partial charge on any atom is -0.439 e. The lowest BCUT2D eigenvalue weighted by molar-refractivity contribution is 0.358. The van der Waals surface area contributed by atoms with E-state index in [-0.39, 0.29) is 11.5 Å². The van der Waals surface area contributed by atoms with Gasteiger partial charge in [0.25, 0.3) is 0 Å². The van der Waals surface area contributed by atoms with Crippen molar-refractivity contribution in [3.05, 3.63) is 88.4 Å². The van der Waals surface area contributed by atoms with Crippen molar-refractivity contribution >= 4 is 16.7 Å². The summed E-state index contributed by atoms with van der Waals surface area (Å²) in [6.07, 6.45) is 1.80. The van der Waals surface area contributed by atoms with Crippen LogP contribution in [0.4, 0.5) is 0 Å². The third kappa shape index (κ3) is 2.63. The highest BCUT2D eigenvalue weighted by atomic mass is 16.5. The predicted molar refractivity (Wildman–Crippen MR) is 103 cm³/mol. The number of hydrogen-bond donors (Lipinski definition) is 2. The molecule has 0 fully saturated rings. The zero-order valence-corrected chi connectivity index (χ0v) is 14.7.